The first-order valence-corrected chi connectivity index (χ1v) is 14.9. The molecule has 0 atom stereocenters. The van der Waals surface area contributed by atoms with Gasteiger partial charge < -0.3 is 9.64 Å². The zero-order valence-electron chi connectivity index (χ0n) is 22.5. The molecule has 12 heteroatoms. The van der Waals surface area contributed by atoms with E-state index in [1.54, 1.807) is 43.4 Å². The number of fused-ring (bicyclic) bond motifs is 1. The minimum atomic E-state index is -4.71. The number of ether oxygens (including phenoxy) is 1. The molecule has 2 aliphatic rings. The molecule has 214 valence electrons. The normalized spacial score (nSPS) is 17.4. The molecule has 2 heterocycles. The molecule has 5 rings (SSSR count). The largest absolute Gasteiger partial charge is 0.497 e. The van der Waals surface area contributed by atoms with E-state index in [2.05, 4.69) is 5.10 Å². The van der Waals surface area contributed by atoms with Gasteiger partial charge in [0.1, 0.15) is 11.4 Å². The number of amides is 1. The second-order valence-corrected chi connectivity index (χ2v) is 12.6. The molecular weight excluding hydrogens is 545 g/mol. The third-order valence-electron chi connectivity index (χ3n) is 8.05. The van der Waals surface area contributed by atoms with Crippen molar-refractivity contribution in [2.75, 3.05) is 38.4 Å². The van der Waals surface area contributed by atoms with Gasteiger partial charge in [0.15, 0.2) is 5.69 Å². The van der Waals surface area contributed by atoms with Crippen LogP contribution in [0.25, 0.3) is 5.69 Å². The van der Waals surface area contributed by atoms with Gasteiger partial charge >= 0.3 is 6.18 Å². The van der Waals surface area contributed by atoms with E-state index in [9.17, 15) is 26.4 Å². The zero-order valence-corrected chi connectivity index (χ0v) is 23.3. The molecule has 8 nitrogen and oxygen atoms in total. The first-order valence-electron chi connectivity index (χ1n) is 13.0. The van der Waals surface area contributed by atoms with Crippen LogP contribution in [-0.2, 0) is 28.0 Å². The molecule has 3 aromatic rings. The Kier molecular flexibility index (Phi) is 7.20. The minimum Gasteiger partial charge on any atom is -0.497 e. The van der Waals surface area contributed by atoms with E-state index in [1.165, 1.54) is 22.6 Å². The molecule has 0 radical (unpaired) electrons. The summed E-state index contributed by atoms with van der Waals surface area (Å²) in [6.07, 6.45) is 0.152. The maximum Gasteiger partial charge on any atom is 0.435 e. The van der Waals surface area contributed by atoms with Gasteiger partial charge in [0.05, 0.1) is 19.1 Å². The van der Waals surface area contributed by atoms with Gasteiger partial charge in [0.2, 0.25) is 10.0 Å². The molecule has 40 heavy (non-hydrogen) atoms. The molecule has 1 fully saturated rings. The Balaban J connectivity index is 1.49. The quantitative estimate of drug-likeness (QED) is 0.403. The molecule has 1 aliphatic carbocycles. The van der Waals surface area contributed by atoms with Gasteiger partial charge in [-0.3, -0.25) is 4.79 Å². The van der Waals surface area contributed by atoms with E-state index in [0.717, 1.165) is 35.9 Å². The summed E-state index contributed by atoms with van der Waals surface area (Å²) in [5.41, 5.74) is 0.238. The van der Waals surface area contributed by atoms with E-state index in [1.807, 2.05) is 12.1 Å². The summed E-state index contributed by atoms with van der Waals surface area (Å²) in [7, 11) is -0.290. The lowest BCUT2D eigenvalue weighted by Crippen LogP contribution is -2.40. The summed E-state index contributed by atoms with van der Waals surface area (Å²) in [6, 6.07) is 13.7. The first kappa shape index (κ1) is 28.2. The van der Waals surface area contributed by atoms with Crippen LogP contribution in [0.3, 0.4) is 0 Å². The van der Waals surface area contributed by atoms with Crippen molar-refractivity contribution in [2.24, 2.45) is 0 Å². The zero-order chi connectivity index (χ0) is 28.9. The first-order chi connectivity index (χ1) is 18.8. The number of sulfonamides is 1. The molecular formula is C28H31F3N4O4S. The highest BCUT2D eigenvalue weighted by Crippen LogP contribution is 2.43. The van der Waals surface area contributed by atoms with Gasteiger partial charge in [0.25, 0.3) is 5.91 Å². The number of hydrogen-bond acceptors (Lipinski definition) is 5. The topological polar surface area (TPSA) is 84.7 Å². The average molecular weight is 577 g/mol. The Hall–Kier alpha value is -3.38. The van der Waals surface area contributed by atoms with Gasteiger partial charge in [0, 0.05) is 36.8 Å². The van der Waals surface area contributed by atoms with Gasteiger partial charge in [-0.15, -0.1) is 0 Å². The van der Waals surface area contributed by atoms with Crippen LogP contribution < -0.4 is 9.64 Å². The Bertz CT molecular complexity index is 1510. The summed E-state index contributed by atoms with van der Waals surface area (Å²) in [6.45, 7) is 0.434. The Morgan fingerprint density at radius 2 is 1.62 bits per heavy atom. The maximum absolute atomic E-state index is 13.9. The highest BCUT2D eigenvalue weighted by Gasteiger charge is 2.44. The number of benzene rings is 2. The summed E-state index contributed by atoms with van der Waals surface area (Å²) < 4.78 is 73.5. The van der Waals surface area contributed by atoms with Gasteiger partial charge in [-0.2, -0.15) is 18.3 Å². The summed E-state index contributed by atoms with van der Waals surface area (Å²) in [5, 5.41) is 3.84. The van der Waals surface area contributed by atoms with E-state index in [0.29, 0.717) is 23.7 Å². The predicted octanol–water partition coefficient (Wildman–Crippen LogP) is 4.81. The minimum absolute atomic E-state index is 0.00306. The van der Waals surface area contributed by atoms with Crippen molar-refractivity contribution in [3.05, 3.63) is 71.0 Å². The van der Waals surface area contributed by atoms with E-state index >= 15 is 0 Å². The summed E-state index contributed by atoms with van der Waals surface area (Å²) >= 11 is 0. The maximum atomic E-state index is 13.9. The van der Waals surface area contributed by atoms with E-state index < -0.39 is 27.8 Å². The fraction of sp³-hybridized carbons (Fsp3) is 0.429. The third-order valence-corrected chi connectivity index (χ3v) is 9.31. The molecule has 2 aromatic carbocycles. The highest BCUT2D eigenvalue weighted by molar-refractivity contribution is 7.88. The molecule has 0 bridgehead atoms. The summed E-state index contributed by atoms with van der Waals surface area (Å²) in [5.74, 6) is -0.0446. The number of carbonyl (C=O) groups is 1. The molecule has 0 unspecified atom stereocenters. The number of halogens is 3. The number of hydrogen-bond donors (Lipinski definition) is 0. The Morgan fingerprint density at radius 1 is 1.02 bits per heavy atom. The number of rotatable bonds is 7. The van der Waals surface area contributed by atoms with Gasteiger partial charge in [-0.05, 0) is 61.2 Å². The van der Waals surface area contributed by atoms with Crippen LogP contribution in [0.1, 0.15) is 53.0 Å². The van der Waals surface area contributed by atoms with Crippen molar-refractivity contribution in [2.45, 2.75) is 43.7 Å². The molecule has 0 saturated heterocycles. The average Bonchev–Trinajstić information content (AvgIpc) is 3.55. The fourth-order valence-corrected chi connectivity index (χ4v) is 6.35. The smallest absolute Gasteiger partial charge is 0.435 e. The number of methoxy groups -OCH3 is 1. The Labute approximate surface area is 231 Å². The van der Waals surface area contributed by atoms with Crippen LogP contribution in [-0.4, -0.2) is 61.9 Å². The number of likely N-dealkylation sites (N-methyl/N-ethyl adjacent to an activating group) is 1. The van der Waals surface area contributed by atoms with Crippen molar-refractivity contribution < 1.29 is 31.1 Å². The van der Waals surface area contributed by atoms with Gasteiger partial charge in [-0.25, -0.2) is 17.4 Å². The monoisotopic (exact) mass is 576 g/mol. The van der Waals surface area contributed by atoms with E-state index in [-0.39, 0.29) is 29.6 Å². The second kappa shape index (κ2) is 10.2. The highest BCUT2D eigenvalue weighted by atomic mass is 32.2. The number of anilines is 1. The third kappa shape index (κ3) is 5.10. The molecule has 1 aromatic heterocycles. The molecule has 0 spiro atoms. The Morgan fingerprint density at radius 3 is 2.17 bits per heavy atom. The lowest BCUT2D eigenvalue weighted by atomic mass is 9.78. The van der Waals surface area contributed by atoms with Crippen LogP contribution in [0.4, 0.5) is 18.9 Å². The molecule has 1 amide bonds. The lowest BCUT2D eigenvalue weighted by molar-refractivity contribution is -0.141. The van der Waals surface area contributed by atoms with Crippen molar-refractivity contribution in [1.82, 2.24) is 14.1 Å². The fourth-order valence-electron chi connectivity index (χ4n) is 5.87. The van der Waals surface area contributed by atoms with Crippen molar-refractivity contribution >= 4 is 21.6 Å². The van der Waals surface area contributed by atoms with Crippen LogP contribution in [0.5, 0.6) is 5.75 Å². The van der Waals surface area contributed by atoms with Gasteiger partial charge in [-0.1, -0.05) is 25.0 Å². The van der Waals surface area contributed by atoms with E-state index in [4.69, 9.17) is 4.74 Å². The van der Waals surface area contributed by atoms with Crippen molar-refractivity contribution in [3.63, 3.8) is 0 Å². The second-order valence-electron chi connectivity index (χ2n) is 10.5. The van der Waals surface area contributed by atoms with Crippen LogP contribution in [0, 0.1) is 0 Å². The van der Waals surface area contributed by atoms with Crippen LogP contribution >= 0.6 is 0 Å². The van der Waals surface area contributed by atoms with Crippen LogP contribution in [0.2, 0.25) is 0 Å². The molecule has 1 saturated carbocycles. The SMILES string of the molecule is COc1ccc(-n2nc(C(F)(F)F)c3c2C(=O)N(c2ccc(C4(CN(C)S(C)(=O)=O)CCCC4)cc2)CC3)cc1. The number of alkyl halides is 3. The molecule has 0 N–H and O–H groups in total. The predicted molar refractivity (Wildman–Crippen MR) is 145 cm³/mol. The number of aromatic nitrogens is 2. The van der Waals surface area contributed by atoms with Crippen molar-refractivity contribution in [1.29, 1.82) is 0 Å². The summed E-state index contributed by atoms with van der Waals surface area (Å²) in [4.78, 5) is 15.2. The number of nitrogens with zero attached hydrogens (tertiary/aromatic N) is 4. The van der Waals surface area contributed by atoms with Crippen molar-refractivity contribution in [3.8, 4) is 11.4 Å². The number of carbonyl (C=O) groups excluding carboxylic acids is 1. The van der Waals surface area contributed by atoms with Crippen LogP contribution in [0.15, 0.2) is 48.5 Å². The lowest BCUT2D eigenvalue weighted by Gasteiger charge is -2.34. The molecule has 1 aliphatic heterocycles. The standard InChI is InChI=1S/C28H31F3N4O4S/c1-33(40(3,37)38)18-27(15-4-5-16-27)19-6-8-20(9-7-19)34-17-14-23-24(26(34)36)35(32-25(23)28(29,30)31)21-10-12-22(39-2)13-11-21/h6-13H,4-5,14-18H2,1-3H3.